The van der Waals surface area contributed by atoms with Gasteiger partial charge in [-0.3, -0.25) is 4.79 Å². The molecular weight excluding hydrogens is 522 g/mol. The molecule has 1 amide bonds. The van der Waals surface area contributed by atoms with E-state index in [1.165, 1.54) is 23.1 Å². The largest absolute Gasteiger partial charge is 0.386 e. The molecule has 1 aliphatic heterocycles. The van der Waals surface area contributed by atoms with Crippen LogP contribution in [0.2, 0.25) is 0 Å². The minimum Gasteiger partial charge on any atom is -0.386 e. The van der Waals surface area contributed by atoms with Crippen LogP contribution >= 0.6 is 22.6 Å². The Hall–Kier alpha value is -2.45. The average Bonchev–Trinajstić information content (AvgIpc) is 2.69. The molecule has 2 aromatic rings. The van der Waals surface area contributed by atoms with Crippen molar-refractivity contribution in [3.05, 3.63) is 68.0 Å². The lowest BCUT2D eigenvalue weighted by Crippen LogP contribution is -2.63. The van der Waals surface area contributed by atoms with Crippen molar-refractivity contribution >= 4 is 34.2 Å². The molecule has 0 bridgehead atoms. The van der Waals surface area contributed by atoms with Gasteiger partial charge in [0, 0.05) is 26.8 Å². The molecule has 1 fully saturated rings. The number of likely N-dealkylation sites (tertiary alicyclic amines) is 1. The smallest absolute Gasteiger partial charge is 0.254 e. The predicted octanol–water partition coefficient (Wildman–Crippen LogP) is 4.20. The van der Waals surface area contributed by atoms with Gasteiger partial charge in [-0.25, -0.2) is 13.2 Å². The number of nitrogens with zero attached hydrogens (tertiary/aromatic N) is 2. The molecule has 0 radical (unpaired) electrons. The third-order valence-electron chi connectivity index (χ3n) is 5.25. The molecule has 0 unspecified atom stereocenters. The zero-order valence-electron chi connectivity index (χ0n) is 16.4. The van der Waals surface area contributed by atoms with Crippen molar-refractivity contribution in [3.8, 4) is 6.07 Å². The SMILES string of the molecule is N#CCC(=N)CCC1(O)CN(C(=O)c2ccc(F)c(F)c2Cc2ccc(I)cc2F)C1. The Kier molecular flexibility index (Phi) is 7.01. The Morgan fingerprint density at radius 3 is 2.58 bits per heavy atom. The van der Waals surface area contributed by atoms with Crippen molar-refractivity contribution in [1.29, 1.82) is 10.7 Å². The van der Waals surface area contributed by atoms with E-state index in [1.54, 1.807) is 6.07 Å². The molecule has 1 heterocycles. The van der Waals surface area contributed by atoms with E-state index in [4.69, 9.17) is 10.7 Å². The number of hydrogen-bond donors (Lipinski definition) is 2. The van der Waals surface area contributed by atoms with Crippen LogP contribution in [0, 0.1) is 37.8 Å². The zero-order chi connectivity index (χ0) is 22.8. The van der Waals surface area contributed by atoms with Gasteiger partial charge in [0.1, 0.15) is 11.4 Å². The van der Waals surface area contributed by atoms with E-state index in [-0.39, 0.29) is 61.2 Å². The average molecular weight is 541 g/mol. The normalized spacial score (nSPS) is 14.6. The number of rotatable bonds is 7. The van der Waals surface area contributed by atoms with Gasteiger partial charge in [-0.1, -0.05) is 6.07 Å². The standard InChI is InChI=1S/C22H19F3IN3O2/c23-18-4-3-16(17(20(18)25)9-13-1-2-14(26)10-19(13)24)21(30)29-11-22(31,12-29)7-5-15(28)6-8-27/h1-4,10,28,31H,5-7,9,11-12H2. The van der Waals surface area contributed by atoms with Crippen molar-refractivity contribution < 1.29 is 23.1 Å². The lowest BCUT2D eigenvalue weighted by atomic mass is 9.86. The second-order valence-electron chi connectivity index (χ2n) is 7.62. The summed E-state index contributed by atoms with van der Waals surface area (Å²) in [4.78, 5) is 14.2. The first-order chi connectivity index (χ1) is 14.6. The molecule has 0 saturated carbocycles. The van der Waals surface area contributed by atoms with E-state index in [9.17, 15) is 23.1 Å². The topological polar surface area (TPSA) is 88.2 Å². The van der Waals surface area contributed by atoms with Crippen LogP contribution in [0.4, 0.5) is 13.2 Å². The van der Waals surface area contributed by atoms with Gasteiger partial charge in [0.05, 0.1) is 25.6 Å². The zero-order valence-corrected chi connectivity index (χ0v) is 18.5. The van der Waals surface area contributed by atoms with Gasteiger partial charge >= 0.3 is 0 Å². The molecule has 2 aromatic carbocycles. The first-order valence-electron chi connectivity index (χ1n) is 9.49. The van der Waals surface area contributed by atoms with Gasteiger partial charge < -0.3 is 15.4 Å². The summed E-state index contributed by atoms with van der Waals surface area (Å²) in [6, 6.07) is 8.26. The van der Waals surface area contributed by atoms with Crippen LogP contribution in [0.1, 0.15) is 40.7 Å². The van der Waals surface area contributed by atoms with Crippen molar-refractivity contribution in [2.24, 2.45) is 0 Å². The van der Waals surface area contributed by atoms with Crippen LogP contribution < -0.4 is 0 Å². The molecule has 3 rings (SSSR count). The third-order valence-corrected chi connectivity index (χ3v) is 5.92. The van der Waals surface area contributed by atoms with Crippen LogP contribution in [0.15, 0.2) is 30.3 Å². The molecule has 0 aliphatic carbocycles. The summed E-state index contributed by atoms with van der Waals surface area (Å²) in [5.41, 5.74) is -1.19. The van der Waals surface area contributed by atoms with Gasteiger partial charge in [-0.2, -0.15) is 5.26 Å². The molecule has 31 heavy (non-hydrogen) atoms. The second-order valence-corrected chi connectivity index (χ2v) is 8.87. The summed E-state index contributed by atoms with van der Waals surface area (Å²) < 4.78 is 43.3. The maximum Gasteiger partial charge on any atom is 0.254 e. The van der Waals surface area contributed by atoms with E-state index in [0.29, 0.717) is 3.57 Å². The Morgan fingerprint density at radius 2 is 1.94 bits per heavy atom. The number of carbonyl (C=O) groups excluding carboxylic acids is 1. The number of nitriles is 1. The maximum atomic E-state index is 14.6. The predicted molar refractivity (Wildman–Crippen MR) is 116 cm³/mol. The highest BCUT2D eigenvalue weighted by molar-refractivity contribution is 14.1. The monoisotopic (exact) mass is 541 g/mol. The van der Waals surface area contributed by atoms with E-state index >= 15 is 0 Å². The summed E-state index contributed by atoms with van der Waals surface area (Å²) >= 11 is 1.93. The summed E-state index contributed by atoms with van der Waals surface area (Å²) in [6.45, 7) is -0.0516. The lowest BCUT2D eigenvalue weighted by molar-refractivity contribution is -0.0845. The van der Waals surface area contributed by atoms with Crippen LogP contribution in [0.3, 0.4) is 0 Å². The van der Waals surface area contributed by atoms with E-state index in [0.717, 1.165) is 6.07 Å². The first-order valence-corrected chi connectivity index (χ1v) is 10.6. The molecule has 162 valence electrons. The summed E-state index contributed by atoms with van der Waals surface area (Å²) in [5, 5.41) is 26.7. The van der Waals surface area contributed by atoms with Gasteiger partial charge in [0.2, 0.25) is 0 Å². The Morgan fingerprint density at radius 1 is 1.23 bits per heavy atom. The van der Waals surface area contributed by atoms with E-state index in [2.05, 4.69) is 0 Å². The third kappa shape index (κ3) is 5.25. The molecule has 2 N–H and O–H groups in total. The van der Waals surface area contributed by atoms with Crippen molar-refractivity contribution in [1.82, 2.24) is 4.90 Å². The molecule has 1 aliphatic rings. The van der Waals surface area contributed by atoms with Gasteiger partial charge in [-0.05, 0) is 65.3 Å². The highest BCUT2D eigenvalue weighted by Gasteiger charge is 2.44. The highest BCUT2D eigenvalue weighted by atomic mass is 127. The first kappa shape index (κ1) is 23.2. The Balaban J connectivity index is 1.77. The number of amides is 1. The van der Waals surface area contributed by atoms with Crippen LogP contribution in [0.25, 0.3) is 0 Å². The van der Waals surface area contributed by atoms with Gasteiger partial charge in [0.25, 0.3) is 5.91 Å². The number of β-amino-alcohol motifs (C(OH)–C–C–N with tert-alkyl or cyclic N) is 1. The molecule has 0 spiro atoms. The number of hydrogen-bond acceptors (Lipinski definition) is 4. The number of benzene rings is 2. The summed E-state index contributed by atoms with van der Waals surface area (Å²) in [5.74, 6) is -3.50. The quantitative estimate of drug-likeness (QED) is 0.407. The van der Waals surface area contributed by atoms with Crippen LogP contribution in [-0.2, 0) is 6.42 Å². The summed E-state index contributed by atoms with van der Waals surface area (Å²) in [7, 11) is 0. The molecule has 1 saturated heterocycles. The Bertz CT molecular complexity index is 1080. The maximum absolute atomic E-state index is 14.6. The molecule has 0 aromatic heterocycles. The number of halogens is 4. The fraction of sp³-hybridized carbons (Fsp3) is 0.318. The number of carbonyl (C=O) groups is 1. The van der Waals surface area contributed by atoms with Crippen LogP contribution in [-0.4, -0.2) is 40.3 Å². The molecule has 9 heteroatoms. The molecule has 0 atom stereocenters. The van der Waals surface area contributed by atoms with Crippen molar-refractivity contribution in [3.63, 3.8) is 0 Å². The van der Waals surface area contributed by atoms with Crippen molar-refractivity contribution in [2.45, 2.75) is 31.3 Å². The summed E-state index contributed by atoms with van der Waals surface area (Å²) in [6.07, 6.45) is 0.132. The van der Waals surface area contributed by atoms with Crippen molar-refractivity contribution in [2.75, 3.05) is 13.1 Å². The minimum absolute atomic E-state index is 0.0218. The fourth-order valence-corrected chi connectivity index (χ4v) is 3.98. The highest BCUT2D eigenvalue weighted by Crippen LogP contribution is 2.30. The number of nitrogens with one attached hydrogen (secondary N) is 1. The van der Waals surface area contributed by atoms with E-state index < -0.39 is 29.0 Å². The second kappa shape index (κ2) is 9.36. The number of aliphatic hydroxyl groups is 1. The van der Waals surface area contributed by atoms with Gasteiger partial charge in [-0.15, -0.1) is 0 Å². The fourth-order valence-electron chi connectivity index (χ4n) is 3.53. The molecular formula is C22H19F3IN3O2. The molecule has 5 nitrogen and oxygen atoms in total. The van der Waals surface area contributed by atoms with E-state index in [1.807, 2.05) is 28.7 Å². The Labute approximate surface area is 191 Å². The van der Waals surface area contributed by atoms with Crippen LogP contribution in [0.5, 0.6) is 0 Å². The van der Waals surface area contributed by atoms with Gasteiger partial charge in [0.15, 0.2) is 11.6 Å². The lowest BCUT2D eigenvalue weighted by Gasteiger charge is -2.46. The minimum atomic E-state index is -1.20.